The van der Waals surface area contributed by atoms with Crippen LogP contribution in [0.25, 0.3) is 10.9 Å². The number of rotatable bonds is 6. The highest BCUT2D eigenvalue weighted by Gasteiger charge is 1.99. The van der Waals surface area contributed by atoms with Gasteiger partial charge in [0.25, 0.3) is 0 Å². The molecule has 0 aliphatic carbocycles. The first-order valence-electron chi connectivity index (χ1n) is 7.24. The van der Waals surface area contributed by atoms with E-state index in [1.54, 1.807) is 0 Å². The van der Waals surface area contributed by atoms with Crippen molar-refractivity contribution in [1.29, 1.82) is 0 Å². The van der Waals surface area contributed by atoms with E-state index in [-0.39, 0.29) is 24.0 Å². The molecule has 116 valence electrons. The smallest absolute Gasteiger partial charge is 0.188 e. The number of benzene rings is 1. The van der Waals surface area contributed by atoms with E-state index in [4.69, 9.17) is 5.73 Å². The molecule has 0 radical (unpaired) electrons. The van der Waals surface area contributed by atoms with Gasteiger partial charge in [0.1, 0.15) is 0 Å². The van der Waals surface area contributed by atoms with Gasteiger partial charge in [-0.3, -0.25) is 4.99 Å². The number of para-hydroxylation sites is 1. The molecule has 0 bridgehead atoms. The first kappa shape index (κ1) is 17.8. The van der Waals surface area contributed by atoms with Gasteiger partial charge in [0.2, 0.25) is 0 Å². The van der Waals surface area contributed by atoms with Crippen molar-refractivity contribution in [1.82, 2.24) is 9.88 Å². The molecule has 1 aromatic carbocycles. The number of halogens is 1. The number of hydrogen-bond donors (Lipinski definition) is 2. The highest BCUT2D eigenvalue weighted by Crippen LogP contribution is 2.15. The molecule has 0 fully saturated rings. The second-order valence-electron chi connectivity index (χ2n) is 5.47. The summed E-state index contributed by atoms with van der Waals surface area (Å²) in [6.07, 6.45) is 3.16. The Labute approximate surface area is 143 Å². The summed E-state index contributed by atoms with van der Waals surface area (Å²) in [4.78, 5) is 4.28. The van der Waals surface area contributed by atoms with Crippen LogP contribution in [0.4, 0.5) is 0 Å². The lowest BCUT2D eigenvalue weighted by molar-refractivity contribution is 0.638. The quantitative estimate of drug-likeness (QED) is 0.339. The highest BCUT2D eigenvalue weighted by molar-refractivity contribution is 14.0. The number of hydrogen-bond acceptors (Lipinski definition) is 1. The Morgan fingerprint density at radius 2 is 2.05 bits per heavy atom. The van der Waals surface area contributed by atoms with Crippen LogP contribution in [-0.4, -0.2) is 23.6 Å². The number of nitrogens with one attached hydrogen (secondary N) is 1. The Hall–Kier alpha value is -1.24. The van der Waals surface area contributed by atoms with E-state index in [0.29, 0.717) is 11.9 Å². The van der Waals surface area contributed by atoms with Gasteiger partial charge >= 0.3 is 0 Å². The molecule has 1 heterocycles. The molecule has 0 spiro atoms. The zero-order valence-electron chi connectivity index (χ0n) is 12.7. The number of aryl methyl sites for hydroxylation is 1. The van der Waals surface area contributed by atoms with Crippen molar-refractivity contribution in [3.63, 3.8) is 0 Å². The summed E-state index contributed by atoms with van der Waals surface area (Å²) in [7, 11) is 0. The molecule has 0 atom stereocenters. The van der Waals surface area contributed by atoms with E-state index >= 15 is 0 Å². The molecule has 0 saturated carbocycles. The Morgan fingerprint density at radius 3 is 2.81 bits per heavy atom. The van der Waals surface area contributed by atoms with Crippen LogP contribution in [0.1, 0.15) is 20.3 Å². The Bertz CT molecular complexity index is 574. The molecule has 0 saturated heterocycles. The van der Waals surface area contributed by atoms with Gasteiger partial charge < -0.3 is 15.6 Å². The van der Waals surface area contributed by atoms with Crippen LogP contribution < -0.4 is 11.1 Å². The second kappa shape index (κ2) is 8.92. The summed E-state index contributed by atoms with van der Waals surface area (Å²) in [6.45, 7) is 6.88. The van der Waals surface area contributed by atoms with Crippen molar-refractivity contribution in [3.05, 3.63) is 36.5 Å². The predicted octanol–water partition coefficient (Wildman–Crippen LogP) is 3.21. The fourth-order valence-corrected chi connectivity index (χ4v) is 2.14. The molecule has 3 N–H and O–H groups in total. The second-order valence-corrected chi connectivity index (χ2v) is 5.47. The fourth-order valence-electron chi connectivity index (χ4n) is 2.14. The molecule has 0 aliphatic heterocycles. The number of guanidine groups is 1. The third-order valence-electron chi connectivity index (χ3n) is 3.19. The average Bonchev–Trinajstić information content (AvgIpc) is 2.85. The molecule has 21 heavy (non-hydrogen) atoms. The van der Waals surface area contributed by atoms with Gasteiger partial charge in [-0.2, -0.15) is 0 Å². The zero-order valence-corrected chi connectivity index (χ0v) is 15.1. The Balaban J connectivity index is 0.00000220. The van der Waals surface area contributed by atoms with E-state index in [2.05, 4.69) is 65.3 Å². The van der Waals surface area contributed by atoms with Gasteiger partial charge in [-0.25, -0.2) is 0 Å². The van der Waals surface area contributed by atoms with Crippen molar-refractivity contribution >= 4 is 40.8 Å². The molecule has 4 nitrogen and oxygen atoms in total. The molecule has 0 amide bonds. The van der Waals surface area contributed by atoms with Crippen LogP contribution in [0, 0.1) is 5.92 Å². The third kappa shape index (κ3) is 5.57. The van der Waals surface area contributed by atoms with Crippen molar-refractivity contribution in [2.24, 2.45) is 16.6 Å². The van der Waals surface area contributed by atoms with Crippen LogP contribution in [0.15, 0.2) is 41.5 Å². The van der Waals surface area contributed by atoms with Gasteiger partial charge in [-0.05, 0) is 29.9 Å². The first-order chi connectivity index (χ1) is 9.66. The Kier molecular flexibility index (Phi) is 7.56. The molecular weight excluding hydrogens is 375 g/mol. The normalized spacial score (nSPS) is 11.7. The van der Waals surface area contributed by atoms with Crippen LogP contribution in [-0.2, 0) is 6.54 Å². The topological polar surface area (TPSA) is 55.3 Å². The lowest BCUT2D eigenvalue weighted by Crippen LogP contribution is -2.33. The van der Waals surface area contributed by atoms with Crippen LogP contribution in [0.5, 0.6) is 0 Å². The number of nitrogens with zero attached hydrogens (tertiary/aromatic N) is 2. The van der Waals surface area contributed by atoms with Gasteiger partial charge in [-0.15, -0.1) is 24.0 Å². The summed E-state index contributed by atoms with van der Waals surface area (Å²) < 4.78 is 2.28. The minimum absolute atomic E-state index is 0. The zero-order chi connectivity index (χ0) is 14.4. The van der Waals surface area contributed by atoms with Crippen molar-refractivity contribution < 1.29 is 0 Å². The predicted molar refractivity (Wildman–Crippen MR) is 101 cm³/mol. The van der Waals surface area contributed by atoms with Crippen LogP contribution >= 0.6 is 24.0 Å². The van der Waals surface area contributed by atoms with E-state index in [0.717, 1.165) is 26.1 Å². The van der Waals surface area contributed by atoms with E-state index in [1.165, 1.54) is 10.9 Å². The fraction of sp³-hybridized carbons (Fsp3) is 0.438. The summed E-state index contributed by atoms with van der Waals surface area (Å²) in [5, 5.41) is 4.45. The van der Waals surface area contributed by atoms with Crippen molar-refractivity contribution in [2.75, 3.05) is 13.1 Å². The number of aromatic nitrogens is 1. The molecule has 5 heteroatoms. The monoisotopic (exact) mass is 400 g/mol. The largest absolute Gasteiger partial charge is 0.370 e. The van der Waals surface area contributed by atoms with Crippen LogP contribution in [0.2, 0.25) is 0 Å². The van der Waals surface area contributed by atoms with E-state index < -0.39 is 0 Å². The van der Waals surface area contributed by atoms with E-state index in [9.17, 15) is 0 Å². The average molecular weight is 400 g/mol. The maximum absolute atomic E-state index is 5.80. The van der Waals surface area contributed by atoms with Gasteiger partial charge in [-0.1, -0.05) is 32.0 Å². The molecular formula is C16H25IN4. The van der Waals surface area contributed by atoms with Gasteiger partial charge in [0.15, 0.2) is 5.96 Å². The summed E-state index contributed by atoms with van der Waals surface area (Å²) in [6, 6.07) is 10.6. The number of nitrogens with two attached hydrogens (primary N) is 1. The maximum Gasteiger partial charge on any atom is 0.188 e. The number of fused-ring (bicyclic) bond motifs is 1. The first-order valence-corrected chi connectivity index (χ1v) is 7.24. The molecule has 1 aromatic heterocycles. The molecule has 0 aliphatic rings. The van der Waals surface area contributed by atoms with Gasteiger partial charge in [0, 0.05) is 31.3 Å². The third-order valence-corrected chi connectivity index (χ3v) is 3.19. The standard InChI is InChI=1S/C16H24N4.HI/c1-13(2)12-19-16(17)18-9-5-10-20-11-8-14-6-3-4-7-15(14)20;/h3-4,6-8,11,13H,5,9-10,12H2,1-2H3,(H3,17,18,19);1H. The van der Waals surface area contributed by atoms with E-state index in [1.807, 2.05) is 0 Å². The highest BCUT2D eigenvalue weighted by atomic mass is 127. The summed E-state index contributed by atoms with van der Waals surface area (Å²) >= 11 is 0. The SMILES string of the molecule is CC(C)CN=C(N)NCCCn1ccc2ccccc21.I. The lowest BCUT2D eigenvalue weighted by Gasteiger charge is -2.08. The summed E-state index contributed by atoms with van der Waals surface area (Å²) in [5.74, 6) is 1.10. The minimum Gasteiger partial charge on any atom is -0.370 e. The minimum atomic E-state index is 0. The Morgan fingerprint density at radius 1 is 1.29 bits per heavy atom. The molecule has 0 unspecified atom stereocenters. The van der Waals surface area contributed by atoms with Crippen molar-refractivity contribution in [3.8, 4) is 0 Å². The molecule has 2 rings (SSSR count). The molecule has 2 aromatic rings. The number of aliphatic imine (C=N–C) groups is 1. The van der Waals surface area contributed by atoms with Gasteiger partial charge in [0.05, 0.1) is 0 Å². The lowest BCUT2D eigenvalue weighted by atomic mass is 10.2. The van der Waals surface area contributed by atoms with Crippen LogP contribution in [0.3, 0.4) is 0 Å². The van der Waals surface area contributed by atoms with Crippen molar-refractivity contribution in [2.45, 2.75) is 26.8 Å². The maximum atomic E-state index is 5.80. The summed E-state index contributed by atoms with van der Waals surface area (Å²) in [5.41, 5.74) is 7.09.